The summed E-state index contributed by atoms with van der Waals surface area (Å²) in [5.74, 6) is -1.19. The van der Waals surface area contributed by atoms with E-state index in [1.165, 1.54) is 18.2 Å². The molecule has 0 spiro atoms. The predicted octanol–water partition coefficient (Wildman–Crippen LogP) is 4.05. The molecule has 0 unspecified atom stereocenters. The molecule has 39 heavy (non-hydrogen) atoms. The van der Waals surface area contributed by atoms with E-state index in [4.69, 9.17) is 9.47 Å². The van der Waals surface area contributed by atoms with Gasteiger partial charge in [-0.2, -0.15) is 0 Å². The van der Waals surface area contributed by atoms with E-state index in [0.29, 0.717) is 32.1 Å². The number of halogens is 1. The number of hydrogen-bond donors (Lipinski definition) is 2. The van der Waals surface area contributed by atoms with E-state index in [9.17, 15) is 29.3 Å². The number of nitro benzene ring substituents is 1. The van der Waals surface area contributed by atoms with Crippen LogP contribution in [0.4, 0.5) is 21.9 Å². The molecule has 12 nitrogen and oxygen atoms in total. The van der Waals surface area contributed by atoms with Crippen molar-refractivity contribution in [3.8, 4) is 11.5 Å². The number of amides is 5. The molecule has 0 radical (unpaired) electrons. The summed E-state index contributed by atoms with van der Waals surface area (Å²) in [4.78, 5) is 61.0. The average Bonchev–Trinajstić information content (AvgIpc) is 2.91. The van der Waals surface area contributed by atoms with E-state index < -0.39 is 28.7 Å². The number of hydrogen-bond acceptors (Lipinski definition) is 8. The van der Waals surface area contributed by atoms with Gasteiger partial charge in [0.1, 0.15) is 17.1 Å². The zero-order valence-corrected chi connectivity index (χ0v) is 21.8. The Balaban J connectivity index is 1.46. The minimum atomic E-state index is -0.978. The molecule has 4 rings (SSSR count). The molecule has 0 saturated carbocycles. The highest BCUT2D eigenvalue weighted by Crippen LogP contribution is 2.29. The van der Waals surface area contributed by atoms with Crippen LogP contribution in [0.5, 0.6) is 11.5 Å². The maximum Gasteiger partial charge on any atom is 0.335 e. The summed E-state index contributed by atoms with van der Waals surface area (Å²) >= 11 is 3.35. The van der Waals surface area contributed by atoms with Crippen molar-refractivity contribution >= 4 is 62.8 Å². The van der Waals surface area contributed by atoms with Crippen LogP contribution in [0.2, 0.25) is 0 Å². The molecule has 5 amide bonds. The van der Waals surface area contributed by atoms with Crippen molar-refractivity contribution in [2.45, 2.75) is 0 Å². The summed E-state index contributed by atoms with van der Waals surface area (Å²) in [5.41, 5.74) is 0.503. The molecule has 0 aromatic heterocycles. The van der Waals surface area contributed by atoms with Crippen LogP contribution in [0.25, 0.3) is 6.08 Å². The summed E-state index contributed by atoms with van der Waals surface area (Å²) in [5, 5.41) is 15.7. The van der Waals surface area contributed by atoms with Gasteiger partial charge in [-0.25, -0.2) is 9.69 Å². The third kappa shape index (κ3) is 6.27. The average molecular weight is 595 g/mol. The number of non-ortho nitro benzene ring substituents is 1. The minimum absolute atomic E-state index is 0.0549. The number of ether oxygens (including phenoxy) is 2. The zero-order chi connectivity index (χ0) is 28.1. The van der Waals surface area contributed by atoms with Gasteiger partial charge in [-0.1, -0.05) is 6.07 Å². The number of carbonyl (C=O) groups excluding carboxylic acids is 4. The number of benzene rings is 3. The van der Waals surface area contributed by atoms with Gasteiger partial charge in [-0.05, 0) is 76.1 Å². The first-order valence-corrected chi connectivity index (χ1v) is 12.0. The van der Waals surface area contributed by atoms with E-state index in [-0.39, 0.29) is 23.6 Å². The standard InChI is InChI=1S/C26H19BrN4O8/c1-38-19-9-3-16(4-10-19)28-23(32)14-39-22-11-2-15(13-21(22)27)12-20-24(33)29-26(35)30(25(20)34)17-5-7-18(8-6-17)31(36)37/h2-13H,14H2,1H3,(H,28,32)(H,29,33,35)/b20-12-. The van der Waals surface area contributed by atoms with Crippen molar-refractivity contribution in [1.82, 2.24) is 5.32 Å². The number of urea groups is 1. The van der Waals surface area contributed by atoms with E-state index >= 15 is 0 Å². The van der Waals surface area contributed by atoms with Crippen LogP contribution in [0, 0.1) is 10.1 Å². The molecular formula is C26H19BrN4O8. The molecule has 0 bridgehead atoms. The van der Waals surface area contributed by atoms with Gasteiger partial charge in [0.05, 0.1) is 22.2 Å². The van der Waals surface area contributed by atoms with Crippen LogP contribution in [0.1, 0.15) is 5.56 Å². The second-order valence-corrected chi connectivity index (χ2v) is 8.84. The maximum absolute atomic E-state index is 13.0. The number of anilines is 2. The van der Waals surface area contributed by atoms with Gasteiger partial charge < -0.3 is 14.8 Å². The second kappa shape index (κ2) is 11.6. The van der Waals surface area contributed by atoms with Crippen LogP contribution in [-0.4, -0.2) is 42.4 Å². The largest absolute Gasteiger partial charge is 0.497 e. The molecule has 3 aromatic carbocycles. The second-order valence-electron chi connectivity index (χ2n) is 7.99. The minimum Gasteiger partial charge on any atom is -0.497 e. The lowest BCUT2D eigenvalue weighted by Crippen LogP contribution is -2.54. The molecule has 1 fully saturated rings. The Kier molecular flexibility index (Phi) is 8.01. The molecule has 2 N–H and O–H groups in total. The molecule has 1 aliphatic heterocycles. The monoisotopic (exact) mass is 594 g/mol. The lowest BCUT2D eigenvalue weighted by atomic mass is 10.1. The van der Waals surface area contributed by atoms with Gasteiger partial charge in [-0.15, -0.1) is 0 Å². The van der Waals surface area contributed by atoms with Gasteiger partial charge >= 0.3 is 6.03 Å². The molecule has 1 heterocycles. The normalized spacial score (nSPS) is 14.2. The number of barbiturate groups is 1. The van der Waals surface area contributed by atoms with Crippen LogP contribution in [-0.2, 0) is 14.4 Å². The molecule has 13 heteroatoms. The first-order chi connectivity index (χ1) is 18.7. The highest BCUT2D eigenvalue weighted by molar-refractivity contribution is 9.10. The molecule has 198 valence electrons. The Morgan fingerprint density at radius 1 is 1.08 bits per heavy atom. The van der Waals surface area contributed by atoms with Gasteiger partial charge in [0.2, 0.25) is 0 Å². The maximum atomic E-state index is 13.0. The van der Waals surface area contributed by atoms with Crippen LogP contribution in [0.15, 0.2) is 76.8 Å². The van der Waals surface area contributed by atoms with E-state index in [0.717, 1.165) is 12.1 Å². The van der Waals surface area contributed by atoms with Crippen molar-refractivity contribution in [3.05, 3.63) is 92.5 Å². The predicted molar refractivity (Wildman–Crippen MR) is 143 cm³/mol. The fourth-order valence-electron chi connectivity index (χ4n) is 3.52. The first kappa shape index (κ1) is 27.0. The first-order valence-electron chi connectivity index (χ1n) is 11.2. The Bertz CT molecular complexity index is 1500. The fraction of sp³-hybridized carbons (Fsp3) is 0.0769. The van der Waals surface area contributed by atoms with Crippen molar-refractivity contribution in [1.29, 1.82) is 0 Å². The summed E-state index contributed by atoms with van der Waals surface area (Å²) in [6.45, 7) is -0.279. The van der Waals surface area contributed by atoms with E-state index in [1.54, 1.807) is 49.6 Å². The van der Waals surface area contributed by atoms with Gasteiger partial charge in [0.15, 0.2) is 6.61 Å². The van der Waals surface area contributed by atoms with E-state index in [1.807, 2.05) is 0 Å². The Morgan fingerprint density at radius 3 is 2.38 bits per heavy atom. The smallest absolute Gasteiger partial charge is 0.335 e. The fourth-order valence-corrected chi connectivity index (χ4v) is 4.03. The lowest BCUT2D eigenvalue weighted by molar-refractivity contribution is -0.384. The van der Waals surface area contributed by atoms with Crippen LogP contribution >= 0.6 is 15.9 Å². The van der Waals surface area contributed by atoms with E-state index in [2.05, 4.69) is 26.6 Å². The van der Waals surface area contributed by atoms with Crippen molar-refractivity contribution in [2.24, 2.45) is 0 Å². The summed E-state index contributed by atoms with van der Waals surface area (Å²) in [6, 6.07) is 15.2. The van der Waals surface area contributed by atoms with Crippen LogP contribution in [0.3, 0.4) is 0 Å². The SMILES string of the molecule is COc1ccc(NC(=O)COc2ccc(/C=C3/C(=O)NC(=O)N(c4ccc([N+](=O)[O-])cc4)C3=O)cc2Br)cc1. The van der Waals surface area contributed by atoms with Crippen LogP contribution < -0.4 is 25.0 Å². The summed E-state index contributed by atoms with van der Waals surface area (Å²) in [7, 11) is 1.54. The molecule has 0 atom stereocenters. The summed E-state index contributed by atoms with van der Waals surface area (Å²) < 4.78 is 11.1. The third-order valence-electron chi connectivity index (χ3n) is 5.42. The highest BCUT2D eigenvalue weighted by Gasteiger charge is 2.37. The number of nitro groups is 1. The Labute approximate surface area is 229 Å². The topological polar surface area (TPSA) is 157 Å². The number of nitrogens with zero attached hydrogens (tertiary/aromatic N) is 2. The lowest BCUT2D eigenvalue weighted by Gasteiger charge is -2.26. The van der Waals surface area contributed by atoms with Gasteiger partial charge in [0, 0.05) is 17.8 Å². The number of methoxy groups -OCH3 is 1. The van der Waals surface area contributed by atoms with Crippen molar-refractivity contribution < 1.29 is 33.6 Å². The Morgan fingerprint density at radius 2 is 1.77 bits per heavy atom. The number of rotatable bonds is 8. The number of carbonyl (C=O) groups is 4. The molecule has 1 aliphatic rings. The number of nitrogens with one attached hydrogen (secondary N) is 2. The highest BCUT2D eigenvalue weighted by atomic mass is 79.9. The molecular weight excluding hydrogens is 576 g/mol. The Hall–Kier alpha value is -5.04. The molecule has 3 aromatic rings. The van der Waals surface area contributed by atoms with Gasteiger partial charge in [-0.3, -0.25) is 29.8 Å². The number of imide groups is 2. The molecule has 1 saturated heterocycles. The quantitative estimate of drug-likeness (QED) is 0.171. The summed E-state index contributed by atoms with van der Waals surface area (Å²) in [6.07, 6.45) is 1.29. The van der Waals surface area contributed by atoms with Gasteiger partial charge in [0.25, 0.3) is 23.4 Å². The molecule has 0 aliphatic carbocycles. The third-order valence-corrected chi connectivity index (χ3v) is 6.04. The zero-order valence-electron chi connectivity index (χ0n) is 20.2. The van der Waals surface area contributed by atoms with Crippen molar-refractivity contribution in [2.75, 3.05) is 23.9 Å². The van der Waals surface area contributed by atoms with Crippen molar-refractivity contribution in [3.63, 3.8) is 0 Å².